The van der Waals surface area contributed by atoms with E-state index < -0.39 is 30.6 Å². The molecule has 0 unspecified atom stereocenters. The van der Waals surface area contributed by atoms with E-state index in [0.29, 0.717) is 0 Å². The van der Waals surface area contributed by atoms with E-state index in [1.807, 2.05) is 0 Å². The molecule has 0 spiro atoms. The van der Waals surface area contributed by atoms with E-state index >= 15 is 0 Å². The molecule has 1 aromatic carbocycles. The highest BCUT2D eigenvalue weighted by Crippen LogP contribution is 2.29. The van der Waals surface area contributed by atoms with Crippen LogP contribution in [0.5, 0.6) is 5.75 Å². The van der Waals surface area contributed by atoms with Gasteiger partial charge in [0.05, 0.1) is 13.2 Å². The lowest BCUT2D eigenvalue weighted by Crippen LogP contribution is -2.38. The fraction of sp³-hybridized carbons (Fsp3) is 0.455. The molecule has 0 amide bonds. The smallest absolute Gasteiger partial charge is 0.403 e. The summed E-state index contributed by atoms with van der Waals surface area (Å²) in [6.07, 6.45) is -6.71. The molecule has 2 atom stereocenters. The lowest BCUT2D eigenvalue weighted by Gasteiger charge is -2.19. The molecule has 0 aromatic heterocycles. The second kappa shape index (κ2) is 6.93. The molecule has 0 heterocycles. The third-order valence-electron chi connectivity index (χ3n) is 2.46. The van der Waals surface area contributed by atoms with Gasteiger partial charge in [0.15, 0.2) is 11.6 Å². The van der Waals surface area contributed by atoms with Gasteiger partial charge in [0.2, 0.25) is 0 Å². The number of methoxy groups -OCH3 is 1. The zero-order chi connectivity index (χ0) is 13.9. The first-order valence-electron chi connectivity index (χ1n) is 5.09. The SMILES string of the molecule is COc1cc([C@@H](O)C[C@H](N)C(F)(F)F)ccc1F.Cl. The molecule has 0 saturated carbocycles. The predicted molar refractivity (Wildman–Crippen MR) is 63.8 cm³/mol. The van der Waals surface area contributed by atoms with Crippen molar-refractivity contribution in [1.29, 1.82) is 0 Å². The van der Waals surface area contributed by atoms with E-state index in [2.05, 4.69) is 4.74 Å². The standard InChI is InChI=1S/C11H13F4NO2.ClH/c1-18-9-4-6(2-3-7(9)12)8(17)5-10(16)11(13,14)15;/h2-4,8,10,17H,5,16H2,1H3;1H/t8-,10-;/m0./s1. The molecule has 0 aliphatic carbocycles. The summed E-state index contributed by atoms with van der Waals surface area (Å²) in [5, 5.41) is 9.61. The van der Waals surface area contributed by atoms with E-state index in [9.17, 15) is 22.7 Å². The Hall–Kier alpha value is -1.05. The van der Waals surface area contributed by atoms with Crippen molar-refractivity contribution in [3.05, 3.63) is 29.6 Å². The van der Waals surface area contributed by atoms with Crippen LogP contribution < -0.4 is 10.5 Å². The van der Waals surface area contributed by atoms with Crippen molar-refractivity contribution < 1.29 is 27.4 Å². The molecule has 3 nitrogen and oxygen atoms in total. The van der Waals surface area contributed by atoms with Crippen LogP contribution in [0.2, 0.25) is 0 Å². The van der Waals surface area contributed by atoms with Gasteiger partial charge in [-0.3, -0.25) is 0 Å². The Labute approximate surface area is 113 Å². The van der Waals surface area contributed by atoms with Crippen LogP contribution in [0.4, 0.5) is 17.6 Å². The first kappa shape index (κ1) is 17.9. The molecule has 8 heteroatoms. The van der Waals surface area contributed by atoms with Gasteiger partial charge in [-0.1, -0.05) is 6.07 Å². The molecule has 0 saturated heterocycles. The van der Waals surface area contributed by atoms with Gasteiger partial charge in [0, 0.05) is 6.42 Å². The Kier molecular flexibility index (Phi) is 6.54. The Morgan fingerprint density at radius 3 is 2.42 bits per heavy atom. The number of alkyl halides is 3. The Bertz CT molecular complexity index is 414. The summed E-state index contributed by atoms with van der Waals surface area (Å²) in [6, 6.07) is 1.20. The van der Waals surface area contributed by atoms with E-state index in [4.69, 9.17) is 5.73 Å². The van der Waals surface area contributed by atoms with Crippen molar-refractivity contribution in [3.8, 4) is 5.75 Å². The summed E-state index contributed by atoms with van der Waals surface area (Å²) in [4.78, 5) is 0. The average molecular weight is 304 g/mol. The normalized spacial score (nSPS) is 14.5. The van der Waals surface area contributed by atoms with E-state index in [-0.39, 0.29) is 23.7 Å². The summed E-state index contributed by atoms with van der Waals surface area (Å²) in [7, 11) is 1.22. The van der Waals surface area contributed by atoms with Gasteiger partial charge in [-0.05, 0) is 17.7 Å². The van der Waals surface area contributed by atoms with Gasteiger partial charge in [-0.25, -0.2) is 4.39 Å². The highest BCUT2D eigenvalue weighted by molar-refractivity contribution is 5.85. The van der Waals surface area contributed by atoms with Crippen molar-refractivity contribution in [2.45, 2.75) is 24.7 Å². The fourth-order valence-corrected chi connectivity index (χ4v) is 1.39. The van der Waals surface area contributed by atoms with Crippen LogP contribution in [0.3, 0.4) is 0 Å². The molecule has 110 valence electrons. The van der Waals surface area contributed by atoms with Crippen molar-refractivity contribution >= 4 is 12.4 Å². The highest BCUT2D eigenvalue weighted by Gasteiger charge is 2.38. The van der Waals surface area contributed by atoms with Crippen LogP contribution >= 0.6 is 12.4 Å². The van der Waals surface area contributed by atoms with Crippen molar-refractivity contribution in [3.63, 3.8) is 0 Å². The number of rotatable bonds is 4. The van der Waals surface area contributed by atoms with E-state index in [1.54, 1.807) is 0 Å². The summed E-state index contributed by atoms with van der Waals surface area (Å²) in [5.41, 5.74) is 5.02. The van der Waals surface area contributed by atoms with Gasteiger partial charge in [0.1, 0.15) is 6.04 Å². The number of aliphatic hydroxyl groups excluding tert-OH is 1. The lowest BCUT2D eigenvalue weighted by molar-refractivity contribution is -0.153. The maximum Gasteiger partial charge on any atom is 0.403 e. The molecule has 1 aromatic rings. The van der Waals surface area contributed by atoms with Crippen molar-refractivity contribution in [2.24, 2.45) is 5.73 Å². The van der Waals surface area contributed by atoms with Gasteiger partial charge < -0.3 is 15.6 Å². The number of hydrogen-bond acceptors (Lipinski definition) is 3. The topological polar surface area (TPSA) is 55.5 Å². The molecule has 0 aliphatic rings. The largest absolute Gasteiger partial charge is 0.494 e. The summed E-state index contributed by atoms with van der Waals surface area (Å²) in [6.45, 7) is 0. The summed E-state index contributed by atoms with van der Waals surface area (Å²) in [5.74, 6) is -0.805. The van der Waals surface area contributed by atoms with Crippen LogP contribution in [0, 0.1) is 5.82 Å². The van der Waals surface area contributed by atoms with Crippen LogP contribution in [0.25, 0.3) is 0 Å². The minimum atomic E-state index is -4.58. The summed E-state index contributed by atoms with van der Waals surface area (Å²) < 4.78 is 54.4. The van der Waals surface area contributed by atoms with Crippen LogP contribution in [0.1, 0.15) is 18.1 Å². The average Bonchev–Trinajstić information content (AvgIpc) is 2.28. The quantitative estimate of drug-likeness (QED) is 0.841. The Morgan fingerprint density at radius 1 is 1.37 bits per heavy atom. The van der Waals surface area contributed by atoms with Crippen molar-refractivity contribution in [1.82, 2.24) is 0 Å². The molecule has 19 heavy (non-hydrogen) atoms. The van der Waals surface area contributed by atoms with Crippen LogP contribution in [-0.4, -0.2) is 24.4 Å². The molecule has 0 bridgehead atoms. The van der Waals surface area contributed by atoms with Gasteiger partial charge >= 0.3 is 6.18 Å². The maximum atomic E-state index is 13.1. The first-order valence-corrected chi connectivity index (χ1v) is 5.09. The number of benzene rings is 1. The number of halogens is 5. The third kappa shape index (κ3) is 4.85. The van der Waals surface area contributed by atoms with Gasteiger partial charge in [0.25, 0.3) is 0 Å². The Morgan fingerprint density at radius 2 is 1.95 bits per heavy atom. The second-order valence-corrected chi connectivity index (χ2v) is 3.79. The number of nitrogens with two attached hydrogens (primary N) is 1. The monoisotopic (exact) mass is 303 g/mol. The molecular formula is C11H14ClF4NO2. The predicted octanol–water partition coefficient (Wildman–Crippen LogP) is 2.57. The molecule has 0 fully saturated rings. The Balaban J connectivity index is 0.00000324. The minimum absolute atomic E-state index is 0. The van der Waals surface area contributed by atoms with Crippen molar-refractivity contribution in [2.75, 3.05) is 7.11 Å². The van der Waals surface area contributed by atoms with E-state index in [0.717, 1.165) is 12.1 Å². The molecular weight excluding hydrogens is 290 g/mol. The second-order valence-electron chi connectivity index (χ2n) is 3.79. The molecule has 1 rings (SSSR count). The maximum absolute atomic E-state index is 13.1. The zero-order valence-electron chi connectivity index (χ0n) is 9.95. The third-order valence-corrected chi connectivity index (χ3v) is 2.46. The highest BCUT2D eigenvalue weighted by atomic mass is 35.5. The molecule has 0 aliphatic heterocycles. The number of aliphatic hydroxyl groups is 1. The zero-order valence-corrected chi connectivity index (χ0v) is 10.8. The number of ether oxygens (including phenoxy) is 1. The first-order chi connectivity index (χ1) is 8.25. The van der Waals surface area contributed by atoms with Gasteiger partial charge in [-0.15, -0.1) is 12.4 Å². The van der Waals surface area contributed by atoms with Gasteiger partial charge in [-0.2, -0.15) is 13.2 Å². The summed E-state index contributed by atoms with van der Waals surface area (Å²) >= 11 is 0. The fourth-order valence-electron chi connectivity index (χ4n) is 1.39. The number of hydrogen-bond donors (Lipinski definition) is 2. The van der Waals surface area contributed by atoms with Crippen LogP contribution in [-0.2, 0) is 0 Å². The molecule has 3 N–H and O–H groups in total. The van der Waals surface area contributed by atoms with Crippen LogP contribution in [0.15, 0.2) is 18.2 Å². The van der Waals surface area contributed by atoms with E-state index in [1.165, 1.54) is 13.2 Å². The molecule has 0 radical (unpaired) electrons. The minimum Gasteiger partial charge on any atom is -0.494 e. The lowest BCUT2D eigenvalue weighted by atomic mass is 10.0.